The van der Waals surface area contributed by atoms with Crippen molar-refractivity contribution >= 4 is 24.5 Å². The fourth-order valence-corrected chi connectivity index (χ4v) is 2.39. The number of ether oxygens (including phenoxy) is 3. The highest BCUT2D eigenvalue weighted by atomic mass is 32.1. The van der Waals surface area contributed by atoms with E-state index in [1.54, 1.807) is 6.92 Å². The minimum atomic E-state index is -1.18. The third-order valence-corrected chi connectivity index (χ3v) is 3.99. The number of thiol groups is 1. The van der Waals surface area contributed by atoms with Crippen LogP contribution in [-0.2, 0) is 23.8 Å². The zero-order chi connectivity index (χ0) is 17.6. The van der Waals surface area contributed by atoms with Crippen molar-refractivity contribution in [3.63, 3.8) is 0 Å². The third kappa shape index (κ3) is 5.59. The smallest absolute Gasteiger partial charge is 0.327 e. The summed E-state index contributed by atoms with van der Waals surface area (Å²) in [7, 11) is 1.34. The Morgan fingerprint density at radius 2 is 2.00 bits per heavy atom. The SMILES string of the molecule is CO[C@@H]1OC(COCC(=O)N[C@@H](CS)C(=O)O)[C@@H](C)[C@H](O)C1O. The van der Waals surface area contributed by atoms with Crippen LogP contribution >= 0.6 is 12.6 Å². The Bertz CT molecular complexity index is 407. The Hall–Kier alpha value is -0.910. The quantitative estimate of drug-likeness (QED) is 0.324. The predicted octanol–water partition coefficient (Wildman–Crippen LogP) is -1.77. The molecule has 0 spiro atoms. The number of nitrogens with one attached hydrogen (secondary N) is 1. The second-order valence-corrected chi connectivity index (χ2v) is 5.64. The maximum atomic E-state index is 11.6. The number of methoxy groups -OCH3 is 1. The summed E-state index contributed by atoms with van der Waals surface area (Å²) >= 11 is 3.83. The molecule has 10 heteroatoms. The minimum absolute atomic E-state index is 0.0170. The Morgan fingerprint density at radius 1 is 1.35 bits per heavy atom. The van der Waals surface area contributed by atoms with Gasteiger partial charge in [-0.05, 0) is 0 Å². The van der Waals surface area contributed by atoms with Gasteiger partial charge in [0.25, 0.3) is 0 Å². The van der Waals surface area contributed by atoms with Gasteiger partial charge < -0.3 is 34.8 Å². The lowest BCUT2D eigenvalue weighted by Crippen LogP contribution is -2.55. The van der Waals surface area contributed by atoms with E-state index in [2.05, 4.69) is 17.9 Å². The van der Waals surface area contributed by atoms with Crippen LogP contribution in [0.2, 0.25) is 0 Å². The second kappa shape index (κ2) is 9.40. The van der Waals surface area contributed by atoms with Crippen molar-refractivity contribution in [3.8, 4) is 0 Å². The highest BCUT2D eigenvalue weighted by Crippen LogP contribution is 2.26. The van der Waals surface area contributed by atoms with Crippen LogP contribution in [0.5, 0.6) is 0 Å². The molecule has 0 aromatic heterocycles. The average molecular weight is 353 g/mol. The number of carboxylic acids is 1. The van der Waals surface area contributed by atoms with Gasteiger partial charge in [0, 0.05) is 18.8 Å². The lowest BCUT2D eigenvalue weighted by atomic mass is 9.91. The zero-order valence-electron chi connectivity index (χ0n) is 12.9. The second-order valence-electron chi connectivity index (χ2n) is 5.27. The first-order valence-electron chi connectivity index (χ1n) is 7.07. The zero-order valence-corrected chi connectivity index (χ0v) is 13.8. The molecule has 1 rings (SSSR count). The molecule has 2 unspecified atom stereocenters. The number of hydrogen-bond donors (Lipinski definition) is 5. The van der Waals surface area contributed by atoms with Crippen LogP contribution < -0.4 is 5.32 Å². The molecule has 4 N–H and O–H groups in total. The fraction of sp³-hybridized carbons (Fsp3) is 0.846. The highest BCUT2D eigenvalue weighted by Gasteiger charge is 2.42. The van der Waals surface area contributed by atoms with Gasteiger partial charge in [0.15, 0.2) is 6.29 Å². The van der Waals surface area contributed by atoms with E-state index in [1.807, 2.05) is 0 Å². The first-order chi connectivity index (χ1) is 10.8. The molecule has 9 nitrogen and oxygen atoms in total. The molecule has 23 heavy (non-hydrogen) atoms. The van der Waals surface area contributed by atoms with Crippen LogP contribution in [0, 0.1) is 5.92 Å². The van der Waals surface area contributed by atoms with E-state index in [9.17, 15) is 19.8 Å². The molecule has 1 amide bonds. The van der Waals surface area contributed by atoms with Crippen molar-refractivity contribution in [3.05, 3.63) is 0 Å². The molecular weight excluding hydrogens is 330 g/mol. The average Bonchev–Trinajstić information content (AvgIpc) is 2.52. The van der Waals surface area contributed by atoms with Crippen molar-refractivity contribution in [2.45, 2.75) is 37.6 Å². The fourth-order valence-electron chi connectivity index (χ4n) is 2.14. The summed E-state index contributed by atoms with van der Waals surface area (Å²) in [4.78, 5) is 22.4. The van der Waals surface area contributed by atoms with Gasteiger partial charge in [0.05, 0.1) is 18.8 Å². The van der Waals surface area contributed by atoms with Gasteiger partial charge in [-0.25, -0.2) is 4.79 Å². The van der Waals surface area contributed by atoms with Crippen LogP contribution in [0.15, 0.2) is 0 Å². The summed E-state index contributed by atoms with van der Waals surface area (Å²) in [5.74, 6) is -2.25. The summed E-state index contributed by atoms with van der Waals surface area (Å²) in [6.07, 6.45) is -3.77. The molecule has 1 aliphatic rings. The van der Waals surface area contributed by atoms with Gasteiger partial charge >= 0.3 is 5.97 Å². The molecule has 1 saturated heterocycles. The van der Waals surface area contributed by atoms with Crippen molar-refractivity contribution < 1.29 is 39.1 Å². The largest absolute Gasteiger partial charge is 0.480 e. The van der Waals surface area contributed by atoms with Gasteiger partial charge in [-0.2, -0.15) is 12.6 Å². The molecule has 1 aliphatic heterocycles. The van der Waals surface area contributed by atoms with Gasteiger partial charge in [0.1, 0.15) is 18.8 Å². The molecule has 1 fully saturated rings. The van der Waals surface area contributed by atoms with E-state index in [4.69, 9.17) is 19.3 Å². The van der Waals surface area contributed by atoms with Gasteiger partial charge in [0.2, 0.25) is 5.91 Å². The Morgan fingerprint density at radius 3 is 2.52 bits per heavy atom. The Labute approximate surface area is 139 Å². The molecule has 0 aliphatic carbocycles. The van der Waals surface area contributed by atoms with Crippen molar-refractivity contribution in [1.82, 2.24) is 5.32 Å². The first kappa shape index (κ1) is 20.1. The standard InChI is InChI=1S/C13H23NO8S/c1-6-8(22-13(20-2)11(17)10(6)16)3-21-4-9(15)14-7(5-23)12(18)19/h6-8,10-11,13,16-17,23H,3-5H2,1-2H3,(H,14,15)(H,18,19)/t6-,7+,8?,10+,11?,13-/m1/s1. The number of carbonyl (C=O) groups is 2. The lowest BCUT2D eigenvalue weighted by molar-refractivity contribution is -0.282. The van der Waals surface area contributed by atoms with Crippen LogP contribution in [-0.4, -0.2) is 83.9 Å². The summed E-state index contributed by atoms with van der Waals surface area (Å²) in [5, 5.41) is 30.7. The minimum Gasteiger partial charge on any atom is -0.480 e. The Balaban J connectivity index is 2.42. The summed E-state index contributed by atoms with van der Waals surface area (Å²) < 4.78 is 15.6. The van der Waals surface area contributed by atoms with Gasteiger partial charge in [-0.3, -0.25) is 4.79 Å². The molecule has 0 aromatic rings. The van der Waals surface area contributed by atoms with E-state index < -0.39 is 48.4 Å². The molecule has 0 aromatic carbocycles. The van der Waals surface area contributed by atoms with E-state index in [0.717, 1.165) is 0 Å². The number of carbonyl (C=O) groups excluding carboxylic acids is 1. The maximum Gasteiger partial charge on any atom is 0.327 e. The highest BCUT2D eigenvalue weighted by molar-refractivity contribution is 7.80. The van der Waals surface area contributed by atoms with Crippen LogP contribution in [0.25, 0.3) is 0 Å². The monoisotopic (exact) mass is 353 g/mol. The van der Waals surface area contributed by atoms with Gasteiger partial charge in [-0.1, -0.05) is 6.92 Å². The summed E-state index contributed by atoms with van der Waals surface area (Å²) in [6.45, 7) is 1.30. The number of amides is 1. The molecule has 0 bridgehead atoms. The molecule has 0 radical (unpaired) electrons. The number of carboxylic acid groups (broad SMARTS) is 1. The normalized spacial score (nSPS) is 32.3. The van der Waals surface area contributed by atoms with Crippen molar-refractivity contribution in [2.24, 2.45) is 5.92 Å². The molecular formula is C13H23NO8S. The van der Waals surface area contributed by atoms with Crippen molar-refractivity contribution in [1.29, 1.82) is 0 Å². The molecule has 0 saturated carbocycles. The van der Waals surface area contributed by atoms with Crippen LogP contribution in [0.4, 0.5) is 0 Å². The molecule has 6 atom stereocenters. The van der Waals surface area contributed by atoms with Crippen LogP contribution in [0.1, 0.15) is 6.92 Å². The number of rotatable bonds is 8. The summed E-state index contributed by atoms with van der Waals surface area (Å²) in [6, 6.07) is -1.09. The van der Waals surface area contributed by atoms with Gasteiger partial charge in [-0.15, -0.1) is 0 Å². The number of hydrogen-bond acceptors (Lipinski definition) is 8. The first-order valence-corrected chi connectivity index (χ1v) is 7.70. The van der Waals surface area contributed by atoms with E-state index in [0.29, 0.717) is 0 Å². The number of aliphatic carboxylic acids is 1. The van der Waals surface area contributed by atoms with Crippen molar-refractivity contribution in [2.75, 3.05) is 26.1 Å². The predicted molar refractivity (Wildman–Crippen MR) is 81.1 cm³/mol. The third-order valence-electron chi connectivity index (χ3n) is 3.63. The number of aliphatic hydroxyl groups is 2. The Kier molecular flexibility index (Phi) is 8.23. The maximum absolute atomic E-state index is 11.6. The summed E-state index contributed by atoms with van der Waals surface area (Å²) in [5.41, 5.74) is 0. The van der Waals surface area contributed by atoms with Crippen LogP contribution in [0.3, 0.4) is 0 Å². The number of aliphatic hydroxyl groups excluding tert-OH is 2. The molecule has 134 valence electrons. The van der Waals surface area contributed by atoms with E-state index in [-0.39, 0.29) is 19.0 Å². The van der Waals surface area contributed by atoms with E-state index >= 15 is 0 Å². The van der Waals surface area contributed by atoms with E-state index in [1.165, 1.54) is 7.11 Å². The molecule has 1 heterocycles. The topological polar surface area (TPSA) is 135 Å². The lowest BCUT2D eigenvalue weighted by Gasteiger charge is -2.40.